The molecule has 16 heteroatoms. The highest BCUT2D eigenvalue weighted by Gasteiger charge is 2.50. The van der Waals surface area contributed by atoms with Crippen LogP contribution < -0.4 is 10.4 Å². The molecule has 1 aliphatic heterocycles. The molecule has 4 aromatic carbocycles. The molecule has 1 fully saturated rings. The number of carbonyl (C=O) groups is 2. The van der Waals surface area contributed by atoms with E-state index in [0.717, 1.165) is 27.8 Å². The molecule has 0 saturated carbocycles. The van der Waals surface area contributed by atoms with E-state index in [0.29, 0.717) is 36.7 Å². The van der Waals surface area contributed by atoms with Gasteiger partial charge in [-0.1, -0.05) is 108 Å². The number of hydroxylamine groups is 1. The number of alkyl halides is 3. The number of amides is 2. The molecule has 6 aromatic rings. The van der Waals surface area contributed by atoms with Crippen LogP contribution in [0.15, 0.2) is 128 Å². The maximum atomic E-state index is 15.7. The molecule has 11 nitrogen and oxygen atoms in total. The lowest BCUT2D eigenvalue weighted by Crippen LogP contribution is -2.43. The maximum absolute atomic E-state index is 15.7. The number of hydrogen-bond acceptors (Lipinski definition) is 8. The lowest BCUT2D eigenvalue weighted by molar-refractivity contribution is -0.143. The number of nitriles is 1. The number of pyridine rings is 1. The first-order chi connectivity index (χ1) is 29.2. The number of unbranched alkanes of at least 4 members (excludes halogenated alkanes) is 1. The predicted molar refractivity (Wildman–Crippen MR) is 221 cm³/mol. The second kappa shape index (κ2) is 17.4. The van der Waals surface area contributed by atoms with Crippen LogP contribution in [-0.4, -0.2) is 47.3 Å². The lowest BCUT2D eigenvalue weighted by Gasteiger charge is -2.35. The monoisotopic (exact) mass is 846 g/mol. The van der Waals surface area contributed by atoms with E-state index in [1.807, 2.05) is 91.0 Å². The zero-order valence-corrected chi connectivity index (χ0v) is 33.8. The summed E-state index contributed by atoms with van der Waals surface area (Å²) in [5.74, 6) is -1.56. The van der Waals surface area contributed by atoms with Gasteiger partial charge in [-0.05, 0) is 67.7 Å². The number of aryl methyl sites for hydroxylation is 1. The van der Waals surface area contributed by atoms with Crippen molar-refractivity contribution < 1.29 is 32.0 Å². The predicted octanol–water partition coefficient (Wildman–Crippen LogP) is 8.49. The Kier molecular flexibility index (Phi) is 12.1. The SMILES string of the molecule is CC1(C)C(=O)N(c2cnc(C#N)c(C(F)(F)F)c2)C(=S)N1Cc1ccc(-c2cn(CCCCC(=O)NOC(c3ccccc3)(c3ccccc3)c3ccccc3)nn2)cc1F. The van der Waals surface area contributed by atoms with Crippen molar-refractivity contribution in [2.24, 2.45) is 0 Å². The molecule has 2 aromatic heterocycles. The van der Waals surface area contributed by atoms with Crippen LogP contribution in [0.4, 0.5) is 23.2 Å². The van der Waals surface area contributed by atoms with Crippen molar-refractivity contribution >= 4 is 34.8 Å². The van der Waals surface area contributed by atoms with Crippen LogP contribution in [0, 0.1) is 17.1 Å². The summed E-state index contributed by atoms with van der Waals surface area (Å²) in [4.78, 5) is 39.0. The highest BCUT2D eigenvalue weighted by Crippen LogP contribution is 2.40. The lowest BCUT2D eigenvalue weighted by atomic mass is 9.80. The number of anilines is 1. The number of rotatable bonds is 14. The van der Waals surface area contributed by atoms with Crippen molar-refractivity contribution in [2.45, 2.75) is 63.5 Å². The molecule has 1 aliphatic rings. The van der Waals surface area contributed by atoms with E-state index in [-0.39, 0.29) is 35.2 Å². The van der Waals surface area contributed by atoms with Gasteiger partial charge in [-0.3, -0.25) is 24.0 Å². The van der Waals surface area contributed by atoms with E-state index in [2.05, 4.69) is 20.8 Å². The number of benzene rings is 4. The Morgan fingerprint density at radius 2 is 1.51 bits per heavy atom. The van der Waals surface area contributed by atoms with Crippen LogP contribution in [-0.2, 0) is 39.3 Å². The standard InChI is InChI=1S/C45H38F4N8O3S/c1-43(2)41(59)57(35-25-36(45(47,48)49)38(26-50)51-27-35)42(61)56(43)28-31-22-21-30(24-37(31)46)39-29-55(54-52-39)23-13-12-20-40(58)53-60-44(32-14-6-3-7-15-32,33-16-8-4-9-17-33)34-18-10-5-11-19-34/h3-11,14-19,21-22,24-25,27,29H,12-13,20,23,28H2,1-2H3,(H,53,58). The summed E-state index contributed by atoms with van der Waals surface area (Å²) < 4.78 is 58.3. The smallest absolute Gasteiger partial charge is 0.330 e. The van der Waals surface area contributed by atoms with E-state index in [4.69, 9.17) is 22.3 Å². The third-order valence-electron chi connectivity index (χ3n) is 10.5. The molecule has 2 amide bonds. The van der Waals surface area contributed by atoms with Gasteiger partial charge in [0.1, 0.15) is 23.1 Å². The minimum absolute atomic E-state index is 0.147. The van der Waals surface area contributed by atoms with Gasteiger partial charge in [-0.15, -0.1) is 5.10 Å². The van der Waals surface area contributed by atoms with Gasteiger partial charge >= 0.3 is 6.18 Å². The van der Waals surface area contributed by atoms with E-state index in [1.165, 1.54) is 36.9 Å². The molecule has 0 spiro atoms. The summed E-state index contributed by atoms with van der Waals surface area (Å²) in [6, 6.07) is 35.6. The number of thiocarbonyl (C=S) groups is 1. The highest BCUT2D eigenvalue weighted by molar-refractivity contribution is 7.80. The van der Waals surface area contributed by atoms with Crippen LogP contribution in [0.3, 0.4) is 0 Å². The maximum Gasteiger partial charge on any atom is 0.419 e. The Bertz CT molecular complexity index is 2500. The molecule has 0 bridgehead atoms. The average molecular weight is 847 g/mol. The second-order valence-electron chi connectivity index (χ2n) is 14.8. The molecular weight excluding hydrogens is 809 g/mol. The molecule has 310 valence electrons. The van der Waals surface area contributed by atoms with Crippen LogP contribution in [0.1, 0.15) is 66.6 Å². The molecule has 0 aliphatic carbocycles. The van der Waals surface area contributed by atoms with Crippen molar-refractivity contribution in [1.29, 1.82) is 5.26 Å². The molecule has 3 heterocycles. The third-order valence-corrected chi connectivity index (χ3v) is 10.9. The third kappa shape index (κ3) is 8.61. The van der Waals surface area contributed by atoms with Gasteiger partial charge in [-0.2, -0.15) is 18.4 Å². The normalized spacial score (nSPS) is 14.0. The van der Waals surface area contributed by atoms with Gasteiger partial charge in [0, 0.05) is 30.6 Å². The number of aromatic nitrogens is 4. The summed E-state index contributed by atoms with van der Waals surface area (Å²) in [7, 11) is 0. The van der Waals surface area contributed by atoms with Crippen LogP contribution in [0.5, 0.6) is 0 Å². The zero-order valence-electron chi connectivity index (χ0n) is 32.9. The molecule has 0 atom stereocenters. The Labute approximate surface area is 354 Å². The summed E-state index contributed by atoms with van der Waals surface area (Å²) in [6.45, 7) is 3.33. The Morgan fingerprint density at radius 3 is 2.07 bits per heavy atom. The van der Waals surface area contributed by atoms with Gasteiger partial charge in [0.05, 0.1) is 23.6 Å². The zero-order chi connectivity index (χ0) is 43.4. The van der Waals surface area contributed by atoms with Crippen molar-refractivity contribution in [3.8, 4) is 17.3 Å². The first-order valence-electron chi connectivity index (χ1n) is 19.2. The van der Waals surface area contributed by atoms with Crippen LogP contribution in [0.25, 0.3) is 11.3 Å². The quantitative estimate of drug-likeness (QED) is 0.0377. The molecule has 61 heavy (non-hydrogen) atoms. The van der Waals surface area contributed by atoms with Crippen molar-refractivity contribution in [3.63, 3.8) is 0 Å². The Morgan fingerprint density at radius 1 is 0.902 bits per heavy atom. The van der Waals surface area contributed by atoms with Gasteiger partial charge < -0.3 is 4.90 Å². The summed E-state index contributed by atoms with van der Waals surface area (Å²) >= 11 is 5.54. The van der Waals surface area contributed by atoms with Gasteiger partial charge in [0.25, 0.3) is 5.91 Å². The second-order valence-corrected chi connectivity index (χ2v) is 15.2. The summed E-state index contributed by atoms with van der Waals surface area (Å²) in [5, 5.41) is 17.4. The van der Waals surface area contributed by atoms with Gasteiger partial charge in [0.2, 0.25) is 5.91 Å². The fraction of sp³-hybridized carbons (Fsp3) is 0.222. The average Bonchev–Trinajstić information content (AvgIpc) is 3.80. The number of hydrogen-bond donors (Lipinski definition) is 1. The Hall–Kier alpha value is -6.83. The molecular formula is C45H38F4N8O3S. The first kappa shape index (κ1) is 42.3. The van der Waals surface area contributed by atoms with Crippen molar-refractivity contribution in [2.75, 3.05) is 4.90 Å². The molecule has 0 unspecified atom stereocenters. The van der Waals surface area contributed by atoms with Crippen LogP contribution in [0.2, 0.25) is 0 Å². The van der Waals surface area contributed by atoms with Crippen LogP contribution >= 0.6 is 12.2 Å². The highest BCUT2D eigenvalue weighted by atomic mass is 32.1. The molecule has 7 rings (SSSR count). The summed E-state index contributed by atoms with van der Waals surface area (Å²) in [6.07, 6.45) is -0.973. The molecule has 1 N–H and O–H groups in total. The fourth-order valence-electron chi connectivity index (χ4n) is 7.19. The van der Waals surface area contributed by atoms with E-state index in [1.54, 1.807) is 16.9 Å². The molecule has 1 saturated heterocycles. The number of nitrogens with one attached hydrogen (secondary N) is 1. The van der Waals surface area contributed by atoms with E-state index >= 15 is 4.39 Å². The van der Waals surface area contributed by atoms with Crippen molar-refractivity contribution in [1.82, 2.24) is 30.4 Å². The topological polar surface area (TPSA) is 129 Å². The van der Waals surface area contributed by atoms with Crippen molar-refractivity contribution in [3.05, 3.63) is 167 Å². The summed E-state index contributed by atoms with van der Waals surface area (Å²) in [5.41, 5.74) is 1.40. The minimum atomic E-state index is -4.90. The molecule has 0 radical (unpaired) electrons. The van der Waals surface area contributed by atoms with Gasteiger partial charge in [-0.25, -0.2) is 14.9 Å². The number of nitrogens with zero attached hydrogens (tertiary/aromatic N) is 7. The van der Waals surface area contributed by atoms with Gasteiger partial charge in [0.15, 0.2) is 16.4 Å². The Balaban J connectivity index is 0.964. The fourth-order valence-corrected chi connectivity index (χ4v) is 7.68. The number of halogens is 4. The minimum Gasteiger partial charge on any atom is -0.330 e. The number of carbonyl (C=O) groups excluding carboxylic acids is 2. The first-order valence-corrected chi connectivity index (χ1v) is 19.6. The van der Waals surface area contributed by atoms with E-state index < -0.39 is 40.3 Å². The largest absolute Gasteiger partial charge is 0.419 e. The van der Waals surface area contributed by atoms with E-state index in [9.17, 15) is 22.8 Å².